The molecule has 0 atom stereocenters. The van der Waals surface area contributed by atoms with Crippen molar-refractivity contribution in [2.45, 2.75) is 31.6 Å². The molecule has 0 aromatic heterocycles. The standard InChI is InChI=1S/C20H23FN2O3S/c1-3-22(4-2)27(25,26)18-9-10-19-16(14-18)11-12-23(19)20(24)13-15-5-7-17(21)8-6-15/h5-10,14H,3-4,11-13H2,1-2H3. The predicted molar refractivity (Wildman–Crippen MR) is 103 cm³/mol. The molecule has 27 heavy (non-hydrogen) atoms. The molecule has 7 heteroatoms. The Morgan fingerprint density at radius 2 is 1.78 bits per heavy atom. The zero-order valence-corrected chi connectivity index (χ0v) is 16.3. The third kappa shape index (κ3) is 3.89. The van der Waals surface area contributed by atoms with Crippen molar-refractivity contribution in [3.05, 3.63) is 59.4 Å². The predicted octanol–water partition coefficient (Wildman–Crippen LogP) is 2.99. The maximum Gasteiger partial charge on any atom is 0.243 e. The van der Waals surface area contributed by atoms with E-state index < -0.39 is 10.0 Å². The number of hydrogen-bond donors (Lipinski definition) is 0. The number of amides is 1. The lowest BCUT2D eigenvalue weighted by atomic mass is 10.1. The van der Waals surface area contributed by atoms with Gasteiger partial charge in [0.2, 0.25) is 15.9 Å². The number of sulfonamides is 1. The minimum absolute atomic E-state index is 0.0836. The Morgan fingerprint density at radius 3 is 2.41 bits per heavy atom. The summed E-state index contributed by atoms with van der Waals surface area (Å²) >= 11 is 0. The summed E-state index contributed by atoms with van der Waals surface area (Å²) in [5, 5.41) is 0. The monoisotopic (exact) mass is 390 g/mol. The molecule has 0 aliphatic carbocycles. The Hall–Kier alpha value is -2.25. The average molecular weight is 390 g/mol. The van der Waals surface area contributed by atoms with E-state index in [1.54, 1.807) is 35.2 Å². The van der Waals surface area contributed by atoms with Gasteiger partial charge < -0.3 is 4.90 Å². The molecule has 0 bridgehead atoms. The Bertz CT molecular complexity index is 938. The van der Waals surface area contributed by atoms with Crippen molar-refractivity contribution in [1.82, 2.24) is 4.31 Å². The van der Waals surface area contributed by atoms with E-state index in [2.05, 4.69) is 0 Å². The van der Waals surface area contributed by atoms with E-state index >= 15 is 0 Å². The van der Waals surface area contributed by atoms with Crippen molar-refractivity contribution >= 4 is 21.6 Å². The van der Waals surface area contributed by atoms with Gasteiger partial charge in [0.05, 0.1) is 11.3 Å². The highest BCUT2D eigenvalue weighted by atomic mass is 32.2. The maximum absolute atomic E-state index is 13.0. The molecule has 2 aromatic carbocycles. The summed E-state index contributed by atoms with van der Waals surface area (Å²) in [7, 11) is -3.52. The van der Waals surface area contributed by atoms with Crippen LogP contribution in [-0.2, 0) is 27.7 Å². The Balaban J connectivity index is 1.82. The molecule has 0 unspecified atom stereocenters. The lowest BCUT2D eigenvalue weighted by Crippen LogP contribution is -2.31. The molecule has 1 aliphatic heterocycles. The molecule has 1 amide bonds. The second-order valence-electron chi connectivity index (χ2n) is 6.48. The van der Waals surface area contributed by atoms with Gasteiger partial charge in [0, 0.05) is 25.3 Å². The van der Waals surface area contributed by atoms with Gasteiger partial charge in [-0.3, -0.25) is 4.79 Å². The average Bonchev–Trinajstić information content (AvgIpc) is 3.07. The number of benzene rings is 2. The van der Waals surface area contributed by atoms with Gasteiger partial charge in [0.25, 0.3) is 0 Å². The fraction of sp³-hybridized carbons (Fsp3) is 0.350. The van der Waals surface area contributed by atoms with E-state index in [1.807, 2.05) is 13.8 Å². The number of fused-ring (bicyclic) bond motifs is 1. The third-order valence-electron chi connectivity index (χ3n) is 4.86. The van der Waals surface area contributed by atoms with E-state index in [0.717, 1.165) is 16.8 Å². The zero-order valence-electron chi connectivity index (χ0n) is 15.5. The van der Waals surface area contributed by atoms with Gasteiger partial charge in [0.1, 0.15) is 5.82 Å². The number of nitrogens with zero attached hydrogens (tertiary/aromatic N) is 2. The van der Waals surface area contributed by atoms with Crippen LogP contribution in [0.1, 0.15) is 25.0 Å². The van der Waals surface area contributed by atoms with E-state index in [4.69, 9.17) is 0 Å². The van der Waals surface area contributed by atoms with Crippen molar-refractivity contribution < 1.29 is 17.6 Å². The molecular weight excluding hydrogens is 367 g/mol. The highest BCUT2D eigenvalue weighted by molar-refractivity contribution is 7.89. The second-order valence-corrected chi connectivity index (χ2v) is 8.42. The molecule has 0 fully saturated rings. The molecule has 0 saturated carbocycles. The molecule has 5 nitrogen and oxygen atoms in total. The van der Waals surface area contributed by atoms with E-state index in [-0.39, 0.29) is 23.0 Å². The first kappa shape index (κ1) is 19.5. The summed E-state index contributed by atoms with van der Waals surface area (Å²) in [4.78, 5) is 14.6. The van der Waals surface area contributed by atoms with E-state index in [1.165, 1.54) is 16.4 Å². The Kier molecular flexibility index (Phi) is 5.62. The normalized spacial score (nSPS) is 13.9. The van der Waals surface area contributed by atoms with Crippen LogP contribution < -0.4 is 4.90 Å². The molecule has 0 radical (unpaired) electrons. The van der Waals surface area contributed by atoms with Gasteiger partial charge in [-0.25, -0.2) is 12.8 Å². The first-order valence-electron chi connectivity index (χ1n) is 9.04. The van der Waals surface area contributed by atoms with Crippen LogP contribution in [0.4, 0.5) is 10.1 Å². The number of hydrogen-bond acceptors (Lipinski definition) is 3. The smallest absolute Gasteiger partial charge is 0.243 e. The summed E-state index contributed by atoms with van der Waals surface area (Å²) in [5.41, 5.74) is 2.35. The van der Waals surface area contributed by atoms with Crippen LogP contribution in [0.15, 0.2) is 47.4 Å². The van der Waals surface area contributed by atoms with E-state index in [9.17, 15) is 17.6 Å². The number of carbonyl (C=O) groups excluding carboxylic acids is 1. The zero-order chi connectivity index (χ0) is 19.6. The number of carbonyl (C=O) groups is 1. The van der Waals surface area contributed by atoms with Crippen LogP contribution in [0.5, 0.6) is 0 Å². The van der Waals surface area contributed by atoms with Gasteiger partial charge >= 0.3 is 0 Å². The number of rotatable bonds is 6. The minimum Gasteiger partial charge on any atom is -0.312 e. The Morgan fingerprint density at radius 1 is 1.11 bits per heavy atom. The van der Waals surface area contributed by atoms with Crippen LogP contribution in [0.3, 0.4) is 0 Å². The first-order valence-corrected chi connectivity index (χ1v) is 10.5. The van der Waals surface area contributed by atoms with Gasteiger partial charge in [0.15, 0.2) is 0 Å². The minimum atomic E-state index is -3.52. The van der Waals surface area contributed by atoms with Crippen molar-refractivity contribution in [2.75, 3.05) is 24.5 Å². The lowest BCUT2D eigenvalue weighted by Gasteiger charge is -2.20. The molecule has 3 rings (SSSR count). The molecule has 0 saturated heterocycles. The largest absolute Gasteiger partial charge is 0.312 e. The quantitative estimate of drug-likeness (QED) is 0.762. The van der Waals surface area contributed by atoms with E-state index in [0.29, 0.717) is 26.1 Å². The highest BCUT2D eigenvalue weighted by Crippen LogP contribution is 2.31. The van der Waals surface area contributed by atoms with Gasteiger partial charge in [-0.1, -0.05) is 26.0 Å². The van der Waals surface area contributed by atoms with Crippen LogP contribution in [0, 0.1) is 5.82 Å². The summed E-state index contributed by atoms with van der Waals surface area (Å²) < 4.78 is 39.8. The number of halogens is 1. The summed E-state index contributed by atoms with van der Waals surface area (Å²) in [6, 6.07) is 10.8. The molecule has 1 heterocycles. The van der Waals surface area contributed by atoms with Crippen molar-refractivity contribution in [2.24, 2.45) is 0 Å². The molecule has 0 spiro atoms. The SMILES string of the molecule is CCN(CC)S(=O)(=O)c1ccc2c(c1)CCN2C(=O)Cc1ccc(F)cc1. The van der Waals surface area contributed by atoms with Crippen LogP contribution in [-0.4, -0.2) is 38.3 Å². The summed E-state index contributed by atoms with van der Waals surface area (Å²) in [6.45, 7) is 4.97. The highest BCUT2D eigenvalue weighted by Gasteiger charge is 2.28. The van der Waals surface area contributed by atoms with Gasteiger partial charge in [-0.05, 0) is 47.9 Å². The topological polar surface area (TPSA) is 57.7 Å². The third-order valence-corrected chi connectivity index (χ3v) is 6.91. The lowest BCUT2D eigenvalue weighted by molar-refractivity contribution is -0.117. The summed E-state index contributed by atoms with van der Waals surface area (Å²) in [6.07, 6.45) is 0.797. The first-order chi connectivity index (χ1) is 12.9. The molecule has 0 N–H and O–H groups in total. The van der Waals surface area contributed by atoms with Crippen molar-refractivity contribution in [3.8, 4) is 0 Å². The fourth-order valence-electron chi connectivity index (χ4n) is 3.38. The molecule has 144 valence electrons. The van der Waals surface area contributed by atoms with Crippen molar-refractivity contribution in [1.29, 1.82) is 0 Å². The molecule has 1 aliphatic rings. The molecular formula is C20H23FN2O3S. The summed E-state index contributed by atoms with van der Waals surface area (Å²) in [5.74, 6) is -0.417. The van der Waals surface area contributed by atoms with Crippen LogP contribution in [0.25, 0.3) is 0 Å². The molecule has 2 aromatic rings. The number of anilines is 1. The van der Waals surface area contributed by atoms with Gasteiger partial charge in [-0.15, -0.1) is 0 Å². The van der Waals surface area contributed by atoms with Crippen LogP contribution in [0.2, 0.25) is 0 Å². The fourth-order valence-corrected chi connectivity index (χ4v) is 4.89. The van der Waals surface area contributed by atoms with Crippen LogP contribution >= 0.6 is 0 Å². The second kappa shape index (κ2) is 7.78. The van der Waals surface area contributed by atoms with Gasteiger partial charge in [-0.2, -0.15) is 4.31 Å². The van der Waals surface area contributed by atoms with Crippen molar-refractivity contribution in [3.63, 3.8) is 0 Å². The maximum atomic E-state index is 13.0. The Labute approximate surface area is 159 Å².